The van der Waals surface area contributed by atoms with Crippen molar-refractivity contribution < 1.29 is 9.42 Å². The third kappa shape index (κ3) is 3.77. The second-order valence-electron chi connectivity index (χ2n) is 3.93. The molecule has 0 spiro atoms. The van der Waals surface area contributed by atoms with Crippen molar-refractivity contribution in [1.82, 2.24) is 0 Å². The normalized spacial score (nSPS) is 12.5. The Hall–Kier alpha value is -0.590. The molecule has 1 N–H and O–H groups in total. The van der Waals surface area contributed by atoms with E-state index in [9.17, 15) is 4.89 Å². The molecule has 90 valence electrons. The van der Waals surface area contributed by atoms with E-state index in [1.807, 2.05) is 19.9 Å². The van der Waals surface area contributed by atoms with Crippen LogP contribution in [0.2, 0.25) is 0 Å². The molecule has 1 unspecified atom stereocenters. The molecule has 2 nitrogen and oxygen atoms in total. The second kappa shape index (κ2) is 6.88. The average molecular weight is 240 g/mol. The highest BCUT2D eigenvalue weighted by Gasteiger charge is 2.11. The minimum Gasteiger partial charge on any atom is -0.447 e. The molecule has 0 aliphatic carbocycles. The van der Waals surface area contributed by atoms with Gasteiger partial charge >= 0.3 is 0 Å². The standard InChI is InChI=1S/C13H21O2P/c1-4-6-9-12-10-7-8-11(3)13(12)15-16(14)5-2/h7-8,10,14H,4-6,9H2,1-3H3. The van der Waals surface area contributed by atoms with Gasteiger partial charge in [-0.2, -0.15) is 0 Å². The fourth-order valence-corrected chi connectivity index (χ4v) is 2.18. The zero-order chi connectivity index (χ0) is 12.0. The third-order valence-electron chi connectivity index (χ3n) is 2.56. The predicted octanol–water partition coefficient (Wildman–Crippen LogP) is 4.04. The highest BCUT2D eigenvalue weighted by Crippen LogP contribution is 2.37. The summed E-state index contributed by atoms with van der Waals surface area (Å²) in [4.78, 5) is 9.63. The van der Waals surface area contributed by atoms with E-state index >= 15 is 0 Å². The maximum atomic E-state index is 9.63. The van der Waals surface area contributed by atoms with E-state index in [0.717, 1.165) is 24.2 Å². The maximum absolute atomic E-state index is 9.63. The summed E-state index contributed by atoms with van der Waals surface area (Å²) in [6.07, 6.45) is 4.04. The smallest absolute Gasteiger partial charge is 0.227 e. The Labute approximate surface area is 99.6 Å². The van der Waals surface area contributed by atoms with Crippen LogP contribution in [0.3, 0.4) is 0 Å². The van der Waals surface area contributed by atoms with E-state index in [-0.39, 0.29) is 0 Å². The van der Waals surface area contributed by atoms with Gasteiger partial charge in [0.05, 0.1) is 0 Å². The van der Waals surface area contributed by atoms with Crippen LogP contribution >= 0.6 is 8.38 Å². The van der Waals surface area contributed by atoms with Gasteiger partial charge in [0.25, 0.3) is 0 Å². The second-order valence-corrected chi connectivity index (χ2v) is 5.45. The molecule has 0 aromatic heterocycles. The van der Waals surface area contributed by atoms with E-state index in [4.69, 9.17) is 4.52 Å². The summed E-state index contributed by atoms with van der Waals surface area (Å²) in [6, 6.07) is 6.18. The van der Waals surface area contributed by atoms with E-state index in [2.05, 4.69) is 19.1 Å². The van der Waals surface area contributed by atoms with Gasteiger partial charge in [-0.25, -0.2) is 0 Å². The summed E-state index contributed by atoms with van der Waals surface area (Å²) in [5, 5.41) is 0. The van der Waals surface area contributed by atoms with Crippen molar-refractivity contribution in [1.29, 1.82) is 0 Å². The lowest BCUT2D eigenvalue weighted by Crippen LogP contribution is -1.96. The van der Waals surface area contributed by atoms with Crippen LogP contribution < -0.4 is 4.52 Å². The molecule has 0 aliphatic rings. The van der Waals surface area contributed by atoms with Crippen LogP contribution in [0.5, 0.6) is 5.75 Å². The zero-order valence-electron chi connectivity index (χ0n) is 10.4. The summed E-state index contributed by atoms with van der Waals surface area (Å²) >= 11 is 0. The Balaban J connectivity index is 2.85. The average Bonchev–Trinajstić information content (AvgIpc) is 2.29. The summed E-state index contributed by atoms with van der Waals surface area (Å²) in [7, 11) is -1.30. The predicted molar refractivity (Wildman–Crippen MR) is 70.1 cm³/mol. The van der Waals surface area contributed by atoms with Crippen molar-refractivity contribution in [3.63, 3.8) is 0 Å². The third-order valence-corrected chi connectivity index (χ3v) is 3.49. The zero-order valence-corrected chi connectivity index (χ0v) is 11.3. The van der Waals surface area contributed by atoms with Crippen LogP contribution in [0, 0.1) is 6.92 Å². The topological polar surface area (TPSA) is 29.5 Å². The highest BCUT2D eigenvalue weighted by molar-refractivity contribution is 7.46. The molecule has 0 aliphatic heterocycles. The lowest BCUT2D eigenvalue weighted by Gasteiger charge is -2.16. The van der Waals surface area contributed by atoms with Crippen LogP contribution in [0.25, 0.3) is 0 Å². The van der Waals surface area contributed by atoms with Crippen molar-refractivity contribution in [3.05, 3.63) is 29.3 Å². The van der Waals surface area contributed by atoms with Gasteiger partial charge in [0.15, 0.2) is 0 Å². The van der Waals surface area contributed by atoms with Crippen LogP contribution in [-0.2, 0) is 6.42 Å². The van der Waals surface area contributed by atoms with Gasteiger partial charge in [-0.15, -0.1) is 0 Å². The Kier molecular flexibility index (Phi) is 5.79. The molecule has 0 saturated carbocycles. The molecule has 16 heavy (non-hydrogen) atoms. The number of unbranched alkanes of at least 4 members (excludes halogenated alkanes) is 1. The first-order valence-electron chi connectivity index (χ1n) is 5.91. The Morgan fingerprint density at radius 3 is 2.69 bits per heavy atom. The molecular formula is C13H21O2P. The molecule has 1 aromatic carbocycles. The van der Waals surface area contributed by atoms with Gasteiger partial charge in [0, 0.05) is 6.16 Å². The van der Waals surface area contributed by atoms with Crippen LogP contribution in [0.1, 0.15) is 37.8 Å². The van der Waals surface area contributed by atoms with Gasteiger partial charge in [-0.3, -0.25) is 0 Å². The first-order chi connectivity index (χ1) is 7.69. The monoisotopic (exact) mass is 240 g/mol. The summed E-state index contributed by atoms with van der Waals surface area (Å²) in [5.41, 5.74) is 2.33. The van der Waals surface area contributed by atoms with Crippen molar-refractivity contribution >= 4 is 8.38 Å². The molecule has 1 atom stereocenters. The first kappa shape index (κ1) is 13.5. The van der Waals surface area contributed by atoms with Crippen molar-refractivity contribution in [3.8, 4) is 5.75 Å². The van der Waals surface area contributed by atoms with E-state index in [1.54, 1.807) is 0 Å². The summed E-state index contributed by atoms with van der Waals surface area (Å²) < 4.78 is 5.64. The first-order valence-corrected chi connectivity index (χ1v) is 7.31. The van der Waals surface area contributed by atoms with Crippen molar-refractivity contribution in [2.75, 3.05) is 6.16 Å². The minimum absolute atomic E-state index is 0.677. The lowest BCUT2D eigenvalue weighted by atomic mass is 10.0. The van der Waals surface area contributed by atoms with Gasteiger partial charge in [0.2, 0.25) is 8.38 Å². The molecule has 0 bridgehead atoms. The fraction of sp³-hybridized carbons (Fsp3) is 0.538. The molecular weight excluding hydrogens is 219 g/mol. The van der Waals surface area contributed by atoms with Crippen LogP contribution in [0.15, 0.2) is 18.2 Å². The SMILES string of the molecule is CCCCc1cccc(C)c1OP(O)CC. The van der Waals surface area contributed by atoms with Gasteiger partial charge in [0.1, 0.15) is 5.75 Å². The van der Waals surface area contributed by atoms with Gasteiger partial charge in [-0.1, -0.05) is 38.5 Å². The van der Waals surface area contributed by atoms with Crippen molar-refractivity contribution in [2.45, 2.75) is 40.0 Å². The number of para-hydroxylation sites is 1. The van der Waals surface area contributed by atoms with Gasteiger partial charge < -0.3 is 9.42 Å². The molecule has 0 fully saturated rings. The Morgan fingerprint density at radius 2 is 2.06 bits per heavy atom. The highest BCUT2D eigenvalue weighted by atomic mass is 31.2. The van der Waals surface area contributed by atoms with E-state index < -0.39 is 8.38 Å². The lowest BCUT2D eigenvalue weighted by molar-refractivity contribution is 0.481. The number of aryl methyl sites for hydroxylation is 2. The molecule has 0 radical (unpaired) electrons. The maximum Gasteiger partial charge on any atom is 0.227 e. The number of benzene rings is 1. The Morgan fingerprint density at radius 1 is 1.31 bits per heavy atom. The van der Waals surface area contributed by atoms with E-state index in [0.29, 0.717) is 6.16 Å². The number of rotatable bonds is 6. The molecule has 1 aromatic rings. The molecule has 0 amide bonds. The quantitative estimate of drug-likeness (QED) is 0.760. The molecule has 1 rings (SSSR count). The largest absolute Gasteiger partial charge is 0.447 e. The molecule has 0 heterocycles. The van der Waals surface area contributed by atoms with Gasteiger partial charge in [-0.05, 0) is 30.9 Å². The molecule has 3 heteroatoms. The number of hydrogen-bond acceptors (Lipinski definition) is 2. The Bertz CT molecular complexity index is 326. The fourth-order valence-electron chi connectivity index (χ4n) is 1.58. The van der Waals surface area contributed by atoms with Crippen molar-refractivity contribution in [2.24, 2.45) is 0 Å². The summed E-state index contributed by atoms with van der Waals surface area (Å²) in [5.74, 6) is 0.895. The minimum atomic E-state index is -1.30. The van der Waals surface area contributed by atoms with E-state index in [1.165, 1.54) is 12.0 Å². The van der Waals surface area contributed by atoms with Crippen LogP contribution in [-0.4, -0.2) is 11.1 Å². The van der Waals surface area contributed by atoms with Crippen LogP contribution in [0.4, 0.5) is 0 Å². The number of hydrogen-bond donors (Lipinski definition) is 1. The summed E-state index contributed by atoms with van der Waals surface area (Å²) in [6.45, 7) is 6.15. The molecule has 0 saturated heterocycles.